The van der Waals surface area contributed by atoms with Gasteiger partial charge in [-0.1, -0.05) is 25.5 Å². The highest BCUT2D eigenvalue weighted by molar-refractivity contribution is 5.84. The van der Waals surface area contributed by atoms with Crippen LogP contribution in [0, 0.1) is 0 Å². The summed E-state index contributed by atoms with van der Waals surface area (Å²) in [4.78, 5) is 11.5. The molecule has 0 heterocycles. The molecular weight excluding hydrogens is 214 g/mol. The Labute approximate surface area is 103 Å². The molecule has 0 aliphatic rings. The molecule has 1 aromatic rings. The number of amides is 1. The SMILES string of the molecule is CCCc1ccc(NC(=O)OC(C)(C)C)cc1. The van der Waals surface area contributed by atoms with Gasteiger partial charge in [-0.15, -0.1) is 0 Å². The van der Waals surface area contributed by atoms with E-state index < -0.39 is 11.7 Å². The minimum absolute atomic E-state index is 0.416. The van der Waals surface area contributed by atoms with Crippen molar-refractivity contribution in [2.75, 3.05) is 5.32 Å². The van der Waals surface area contributed by atoms with Crippen LogP contribution in [-0.2, 0) is 11.2 Å². The van der Waals surface area contributed by atoms with E-state index in [2.05, 4.69) is 12.2 Å². The zero-order chi connectivity index (χ0) is 12.9. The summed E-state index contributed by atoms with van der Waals surface area (Å²) in [7, 11) is 0. The lowest BCUT2D eigenvalue weighted by atomic mass is 10.1. The molecule has 3 heteroatoms. The summed E-state index contributed by atoms with van der Waals surface area (Å²) >= 11 is 0. The lowest BCUT2D eigenvalue weighted by molar-refractivity contribution is 0.0636. The quantitative estimate of drug-likeness (QED) is 0.860. The molecule has 0 aliphatic heterocycles. The summed E-state index contributed by atoms with van der Waals surface area (Å²) in [5, 5.41) is 2.71. The molecule has 0 spiro atoms. The number of rotatable bonds is 3. The van der Waals surface area contributed by atoms with Gasteiger partial charge in [0.25, 0.3) is 0 Å². The maximum atomic E-state index is 11.5. The summed E-state index contributed by atoms with van der Waals surface area (Å²) < 4.78 is 5.17. The third-order valence-corrected chi connectivity index (χ3v) is 2.14. The lowest BCUT2D eigenvalue weighted by Crippen LogP contribution is -2.27. The Kier molecular flexibility index (Phi) is 4.55. The van der Waals surface area contributed by atoms with Crippen LogP contribution in [0.5, 0.6) is 0 Å². The van der Waals surface area contributed by atoms with Crippen LogP contribution in [0.4, 0.5) is 10.5 Å². The second-order valence-corrected chi connectivity index (χ2v) is 5.07. The van der Waals surface area contributed by atoms with Crippen molar-refractivity contribution in [3.8, 4) is 0 Å². The second-order valence-electron chi connectivity index (χ2n) is 5.07. The van der Waals surface area contributed by atoms with Crippen LogP contribution in [-0.4, -0.2) is 11.7 Å². The minimum Gasteiger partial charge on any atom is -0.444 e. The molecule has 0 atom stereocenters. The average Bonchev–Trinajstić information content (AvgIpc) is 2.18. The molecule has 94 valence electrons. The smallest absolute Gasteiger partial charge is 0.412 e. The highest BCUT2D eigenvalue weighted by atomic mass is 16.6. The van der Waals surface area contributed by atoms with Gasteiger partial charge in [0.2, 0.25) is 0 Å². The highest BCUT2D eigenvalue weighted by Crippen LogP contribution is 2.13. The number of benzene rings is 1. The predicted octanol–water partition coefficient (Wildman–Crippen LogP) is 3.99. The highest BCUT2D eigenvalue weighted by Gasteiger charge is 2.15. The topological polar surface area (TPSA) is 38.3 Å². The van der Waals surface area contributed by atoms with Crippen molar-refractivity contribution >= 4 is 11.8 Å². The predicted molar refractivity (Wildman–Crippen MR) is 70.3 cm³/mol. The Morgan fingerprint density at radius 2 is 1.82 bits per heavy atom. The van der Waals surface area contributed by atoms with Gasteiger partial charge in [-0.05, 0) is 44.9 Å². The van der Waals surface area contributed by atoms with E-state index in [4.69, 9.17) is 4.74 Å². The number of carbonyl (C=O) groups excluding carboxylic acids is 1. The van der Waals surface area contributed by atoms with Gasteiger partial charge in [0.1, 0.15) is 5.60 Å². The van der Waals surface area contributed by atoms with Gasteiger partial charge >= 0.3 is 6.09 Å². The summed E-state index contributed by atoms with van der Waals surface area (Å²) in [5.74, 6) is 0. The van der Waals surface area contributed by atoms with Crippen molar-refractivity contribution in [3.05, 3.63) is 29.8 Å². The molecule has 0 aliphatic carbocycles. The van der Waals surface area contributed by atoms with E-state index in [-0.39, 0.29) is 0 Å². The monoisotopic (exact) mass is 235 g/mol. The van der Waals surface area contributed by atoms with Gasteiger partial charge < -0.3 is 4.74 Å². The van der Waals surface area contributed by atoms with Gasteiger partial charge in [-0.25, -0.2) is 4.79 Å². The molecule has 0 bridgehead atoms. The number of nitrogens with one attached hydrogen (secondary N) is 1. The molecule has 0 saturated heterocycles. The Hall–Kier alpha value is -1.51. The molecule has 1 rings (SSSR count). The first-order chi connectivity index (χ1) is 7.90. The molecule has 17 heavy (non-hydrogen) atoms. The van der Waals surface area contributed by atoms with E-state index in [1.54, 1.807) is 0 Å². The van der Waals surface area contributed by atoms with Crippen molar-refractivity contribution in [2.45, 2.75) is 46.1 Å². The summed E-state index contributed by atoms with van der Waals surface area (Å²) in [5.41, 5.74) is 1.58. The second kappa shape index (κ2) is 5.71. The van der Waals surface area contributed by atoms with Gasteiger partial charge in [0, 0.05) is 5.69 Å². The van der Waals surface area contributed by atoms with E-state index in [0.29, 0.717) is 0 Å². The van der Waals surface area contributed by atoms with Gasteiger partial charge in [-0.3, -0.25) is 5.32 Å². The molecule has 0 radical (unpaired) electrons. The summed E-state index contributed by atoms with van der Waals surface area (Å²) in [6, 6.07) is 7.84. The third kappa shape index (κ3) is 5.38. The van der Waals surface area contributed by atoms with Crippen molar-refractivity contribution < 1.29 is 9.53 Å². The van der Waals surface area contributed by atoms with Gasteiger partial charge in [-0.2, -0.15) is 0 Å². The number of aryl methyl sites for hydroxylation is 1. The number of hydrogen-bond acceptors (Lipinski definition) is 2. The fraction of sp³-hybridized carbons (Fsp3) is 0.500. The van der Waals surface area contributed by atoms with E-state index >= 15 is 0 Å². The van der Waals surface area contributed by atoms with Crippen LogP contribution in [0.25, 0.3) is 0 Å². The van der Waals surface area contributed by atoms with Crippen LogP contribution >= 0.6 is 0 Å². The number of carbonyl (C=O) groups is 1. The zero-order valence-electron chi connectivity index (χ0n) is 11.0. The maximum Gasteiger partial charge on any atom is 0.412 e. The largest absolute Gasteiger partial charge is 0.444 e. The third-order valence-electron chi connectivity index (χ3n) is 2.14. The maximum absolute atomic E-state index is 11.5. The molecule has 0 aromatic heterocycles. The Morgan fingerprint density at radius 3 is 2.29 bits per heavy atom. The standard InChI is InChI=1S/C14H21NO2/c1-5-6-11-7-9-12(10-8-11)15-13(16)17-14(2,3)4/h7-10H,5-6H2,1-4H3,(H,15,16). The number of anilines is 1. The van der Waals surface area contributed by atoms with Crippen LogP contribution in [0.15, 0.2) is 24.3 Å². The lowest BCUT2D eigenvalue weighted by Gasteiger charge is -2.19. The molecule has 0 unspecified atom stereocenters. The Bertz CT molecular complexity index is 363. The molecule has 0 fully saturated rings. The molecule has 0 saturated carbocycles. The van der Waals surface area contributed by atoms with E-state index in [9.17, 15) is 4.79 Å². The first-order valence-electron chi connectivity index (χ1n) is 5.99. The summed E-state index contributed by atoms with van der Waals surface area (Å²) in [6.07, 6.45) is 1.77. The Morgan fingerprint density at radius 1 is 1.24 bits per heavy atom. The van der Waals surface area contributed by atoms with Crippen LogP contribution in [0.3, 0.4) is 0 Å². The first-order valence-corrected chi connectivity index (χ1v) is 5.99. The molecule has 1 N–H and O–H groups in total. The molecular formula is C14H21NO2. The fourth-order valence-electron chi connectivity index (χ4n) is 1.46. The van der Waals surface area contributed by atoms with E-state index in [1.165, 1.54) is 5.56 Å². The van der Waals surface area contributed by atoms with Crippen molar-refractivity contribution in [2.24, 2.45) is 0 Å². The molecule has 1 aromatic carbocycles. The fourth-order valence-corrected chi connectivity index (χ4v) is 1.46. The first kappa shape index (κ1) is 13.6. The van der Waals surface area contributed by atoms with Gasteiger partial charge in [0.15, 0.2) is 0 Å². The van der Waals surface area contributed by atoms with Crippen LogP contribution < -0.4 is 5.32 Å². The minimum atomic E-state index is -0.466. The van der Waals surface area contributed by atoms with Crippen molar-refractivity contribution in [3.63, 3.8) is 0 Å². The average molecular weight is 235 g/mol. The van der Waals surface area contributed by atoms with E-state index in [1.807, 2.05) is 45.0 Å². The zero-order valence-corrected chi connectivity index (χ0v) is 11.0. The normalized spacial score (nSPS) is 11.1. The number of hydrogen-bond donors (Lipinski definition) is 1. The summed E-state index contributed by atoms with van der Waals surface area (Å²) in [6.45, 7) is 7.68. The Balaban J connectivity index is 2.54. The van der Waals surface area contributed by atoms with Gasteiger partial charge in [0.05, 0.1) is 0 Å². The van der Waals surface area contributed by atoms with Crippen LogP contribution in [0.2, 0.25) is 0 Å². The van der Waals surface area contributed by atoms with Crippen molar-refractivity contribution in [1.29, 1.82) is 0 Å². The molecule has 3 nitrogen and oxygen atoms in total. The van der Waals surface area contributed by atoms with Crippen molar-refractivity contribution in [1.82, 2.24) is 0 Å². The molecule has 1 amide bonds. The van der Waals surface area contributed by atoms with E-state index in [0.717, 1.165) is 18.5 Å². The van der Waals surface area contributed by atoms with Crippen LogP contribution in [0.1, 0.15) is 39.7 Å². The number of ether oxygens (including phenoxy) is 1.